The van der Waals surface area contributed by atoms with Crippen LogP contribution in [0.4, 0.5) is 0 Å². The van der Waals surface area contributed by atoms with Crippen molar-refractivity contribution in [2.45, 2.75) is 45.4 Å². The van der Waals surface area contributed by atoms with E-state index in [2.05, 4.69) is 45.5 Å². The molecule has 0 aliphatic carbocycles. The molecular weight excluding hydrogens is 539 g/mol. The van der Waals surface area contributed by atoms with Crippen molar-refractivity contribution in [1.29, 1.82) is 0 Å². The maximum atomic E-state index is 12.9. The zero-order chi connectivity index (χ0) is 23.2. The van der Waals surface area contributed by atoms with Crippen LogP contribution in [0.25, 0.3) is 0 Å². The zero-order valence-electron chi connectivity index (χ0n) is 20.4. The maximum absolute atomic E-state index is 12.9. The molecule has 34 heavy (non-hydrogen) atoms. The second-order valence-corrected chi connectivity index (χ2v) is 9.36. The van der Waals surface area contributed by atoms with Crippen molar-refractivity contribution in [3.63, 3.8) is 0 Å². The van der Waals surface area contributed by atoms with E-state index in [1.165, 1.54) is 12.0 Å². The number of hydrogen-bond acceptors (Lipinski definition) is 3. The van der Waals surface area contributed by atoms with Gasteiger partial charge in [-0.25, -0.2) is 0 Å². The number of morpholine rings is 1. The maximum Gasteiger partial charge on any atom is 0.254 e. The fraction of sp³-hybridized carbons (Fsp3) is 0.481. The Morgan fingerprint density at radius 2 is 1.65 bits per heavy atom. The first-order chi connectivity index (χ1) is 16.0. The number of aliphatic imine (C=N–C) groups is 1. The van der Waals surface area contributed by atoms with Crippen LogP contribution in [-0.2, 0) is 17.7 Å². The van der Waals surface area contributed by atoms with Crippen molar-refractivity contribution in [1.82, 2.24) is 15.1 Å². The van der Waals surface area contributed by atoms with E-state index in [1.807, 2.05) is 50.1 Å². The van der Waals surface area contributed by atoms with Crippen LogP contribution in [0.1, 0.15) is 41.8 Å². The minimum Gasteiger partial charge on any atom is -0.372 e. The van der Waals surface area contributed by atoms with Crippen LogP contribution in [0.15, 0.2) is 59.6 Å². The van der Waals surface area contributed by atoms with Gasteiger partial charge in [-0.1, -0.05) is 42.5 Å². The van der Waals surface area contributed by atoms with Gasteiger partial charge < -0.3 is 19.9 Å². The summed E-state index contributed by atoms with van der Waals surface area (Å²) in [6.07, 6.45) is 2.45. The van der Waals surface area contributed by atoms with E-state index in [9.17, 15) is 4.79 Å². The Labute approximate surface area is 220 Å². The Kier molecular flexibility index (Phi) is 9.76. The molecule has 3 unspecified atom stereocenters. The Balaban J connectivity index is 0.00000324. The number of carbonyl (C=O) groups is 1. The summed E-state index contributed by atoms with van der Waals surface area (Å²) in [5.41, 5.74) is 3.27. The lowest BCUT2D eigenvalue weighted by atomic mass is 9.99. The predicted molar refractivity (Wildman–Crippen MR) is 148 cm³/mol. The fourth-order valence-electron chi connectivity index (χ4n) is 4.94. The molecule has 7 heteroatoms. The lowest BCUT2D eigenvalue weighted by molar-refractivity contribution is -0.0586. The molecular formula is C27H37IN4O2. The van der Waals surface area contributed by atoms with Crippen molar-refractivity contribution >= 4 is 35.8 Å². The Hall–Kier alpha value is -2.13. The van der Waals surface area contributed by atoms with Gasteiger partial charge >= 0.3 is 0 Å². The van der Waals surface area contributed by atoms with Gasteiger partial charge in [0.25, 0.3) is 5.91 Å². The highest BCUT2D eigenvalue weighted by Crippen LogP contribution is 2.21. The molecule has 2 aromatic rings. The van der Waals surface area contributed by atoms with Gasteiger partial charge in [-0.3, -0.25) is 9.79 Å². The number of amides is 1. The molecule has 2 aromatic carbocycles. The Morgan fingerprint density at radius 3 is 2.29 bits per heavy atom. The largest absolute Gasteiger partial charge is 0.372 e. The first-order valence-electron chi connectivity index (χ1n) is 12.0. The standard InChI is InChI=1S/C27H36N4O2.HI/c1-20-17-31(18-21(2)33-20)26(32)25-11-9-23(10-12-25)16-29-27(28-3)30-14-13-24(19-30)15-22-7-5-4-6-8-22;/h4-12,20-21,24H,13-19H2,1-3H3,(H,28,29);1H. The summed E-state index contributed by atoms with van der Waals surface area (Å²) in [5.74, 6) is 1.68. The van der Waals surface area contributed by atoms with E-state index in [4.69, 9.17) is 4.74 Å². The summed E-state index contributed by atoms with van der Waals surface area (Å²) >= 11 is 0. The molecule has 6 nitrogen and oxygen atoms in total. The molecule has 0 aromatic heterocycles. The van der Waals surface area contributed by atoms with Gasteiger partial charge in [0.15, 0.2) is 5.96 Å². The van der Waals surface area contributed by atoms with Crippen LogP contribution in [0.3, 0.4) is 0 Å². The molecule has 4 rings (SSSR count). The number of guanidine groups is 1. The second kappa shape index (κ2) is 12.5. The summed E-state index contributed by atoms with van der Waals surface area (Å²) in [5, 5.41) is 3.50. The van der Waals surface area contributed by atoms with Gasteiger partial charge in [0, 0.05) is 45.3 Å². The number of carbonyl (C=O) groups excluding carboxylic acids is 1. The van der Waals surface area contributed by atoms with E-state index < -0.39 is 0 Å². The number of ether oxygens (including phenoxy) is 1. The van der Waals surface area contributed by atoms with E-state index in [0.29, 0.717) is 25.6 Å². The monoisotopic (exact) mass is 576 g/mol. The number of halogens is 1. The van der Waals surface area contributed by atoms with Gasteiger partial charge in [-0.05, 0) is 55.9 Å². The van der Waals surface area contributed by atoms with Crippen molar-refractivity contribution in [2.24, 2.45) is 10.9 Å². The molecule has 0 radical (unpaired) electrons. The molecule has 2 saturated heterocycles. The van der Waals surface area contributed by atoms with Crippen molar-refractivity contribution in [2.75, 3.05) is 33.2 Å². The molecule has 0 saturated carbocycles. The quantitative estimate of drug-likeness (QED) is 0.330. The van der Waals surface area contributed by atoms with E-state index in [1.54, 1.807) is 0 Å². The number of benzene rings is 2. The summed E-state index contributed by atoms with van der Waals surface area (Å²) in [6.45, 7) is 8.06. The third-order valence-corrected chi connectivity index (χ3v) is 6.52. The number of nitrogens with one attached hydrogen (secondary N) is 1. The molecule has 2 aliphatic heterocycles. The third-order valence-electron chi connectivity index (χ3n) is 6.52. The normalized spacial score (nSPS) is 22.9. The van der Waals surface area contributed by atoms with Crippen LogP contribution in [0, 0.1) is 5.92 Å². The van der Waals surface area contributed by atoms with E-state index in [-0.39, 0.29) is 42.1 Å². The van der Waals surface area contributed by atoms with Gasteiger partial charge in [0.1, 0.15) is 0 Å². The molecule has 2 heterocycles. The minimum absolute atomic E-state index is 0. The molecule has 0 spiro atoms. The number of rotatable bonds is 5. The van der Waals surface area contributed by atoms with Crippen molar-refractivity contribution in [3.05, 3.63) is 71.3 Å². The summed E-state index contributed by atoms with van der Waals surface area (Å²) in [6, 6.07) is 18.6. The summed E-state index contributed by atoms with van der Waals surface area (Å²) < 4.78 is 5.75. The van der Waals surface area contributed by atoms with Crippen LogP contribution >= 0.6 is 24.0 Å². The van der Waals surface area contributed by atoms with Gasteiger partial charge in [-0.2, -0.15) is 0 Å². The van der Waals surface area contributed by atoms with Crippen molar-refractivity contribution in [3.8, 4) is 0 Å². The smallest absolute Gasteiger partial charge is 0.254 e. The van der Waals surface area contributed by atoms with E-state index >= 15 is 0 Å². The second-order valence-electron chi connectivity index (χ2n) is 9.36. The molecule has 2 aliphatic rings. The van der Waals surface area contributed by atoms with Crippen LogP contribution in [0.2, 0.25) is 0 Å². The van der Waals surface area contributed by atoms with E-state index in [0.717, 1.165) is 36.6 Å². The zero-order valence-corrected chi connectivity index (χ0v) is 22.8. The van der Waals surface area contributed by atoms with Gasteiger partial charge in [-0.15, -0.1) is 24.0 Å². The minimum atomic E-state index is 0. The van der Waals surface area contributed by atoms with Crippen LogP contribution in [-0.4, -0.2) is 67.1 Å². The first kappa shape index (κ1) is 26.5. The molecule has 2 fully saturated rings. The Bertz CT molecular complexity index is 941. The highest BCUT2D eigenvalue weighted by atomic mass is 127. The lowest BCUT2D eigenvalue weighted by Gasteiger charge is -2.35. The van der Waals surface area contributed by atoms with Crippen LogP contribution in [0.5, 0.6) is 0 Å². The van der Waals surface area contributed by atoms with Gasteiger partial charge in [0.2, 0.25) is 0 Å². The molecule has 0 bridgehead atoms. The fourth-order valence-corrected chi connectivity index (χ4v) is 4.94. The predicted octanol–water partition coefficient (Wildman–Crippen LogP) is 4.19. The Morgan fingerprint density at radius 1 is 0.971 bits per heavy atom. The highest BCUT2D eigenvalue weighted by molar-refractivity contribution is 14.0. The summed E-state index contributed by atoms with van der Waals surface area (Å²) in [4.78, 5) is 21.6. The highest BCUT2D eigenvalue weighted by Gasteiger charge is 2.27. The number of likely N-dealkylation sites (tertiary alicyclic amines) is 1. The lowest BCUT2D eigenvalue weighted by Crippen LogP contribution is -2.48. The topological polar surface area (TPSA) is 57.2 Å². The number of hydrogen-bond donors (Lipinski definition) is 1. The average Bonchev–Trinajstić information content (AvgIpc) is 3.27. The molecule has 184 valence electrons. The average molecular weight is 577 g/mol. The third kappa shape index (κ3) is 6.95. The van der Waals surface area contributed by atoms with Crippen molar-refractivity contribution < 1.29 is 9.53 Å². The molecule has 1 N–H and O–H groups in total. The number of nitrogens with zero attached hydrogens (tertiary/aromatic N) is 3. The molecule has 3 atom stereocenters. The SMILES string of the molecule is CN=C(NCc1ccc(C(=O)N2CC(C)OC(C)C2)cc1)N1CCC(Cc2ccccc2)C1.I. The van der Waals surface area contributed by atoms with Crippen LogP contribution < -0.4 is 5.32 Å². The summed E-state index contributed by atoms with van der Waals surface area (Å²) in [7, 11) is 1.85. The molecule has 1 amide bonds. The first-order valence-corrected chi connectivity index (χ1v) is 12.0. The van der Waals surface area contributed by atoms with Gasteiger partial charge in [0.05, 0.1) is 12.2 Å².